The molecule has 0 saturated carbocycles. The summed E-state index contributed by atoms with van der Waals surface area (Å²) in [5.41, 5.74) is 17.3. The standard InChI is InChI=1S/C60H50BNO2/c1-59(2,3)64-61(63-4)49-23-17-22-48(42-49)60(57-28-15-13-26-55(57)53-24-11-12-25-54(53)56-27-14-16-29-58(56)60)47-34-40-52(41-35-47)62(50-36-30-45(31-37-50)43-18-7-5-8-19-43)51-38-32-46(33-39-51)44-20-9-6-10-21-44/h5-42H,1-4H3. The second-order valence-corrected chi connectivity index (χ2v) is 17.5. The highest BCUT2D eigenvalue weighted by Gasteiger charge is 2.44. The predicted octanol–water partition coefficient (Wildman–Crippen LogP) is 14.7. The van der Waals surface area contributed by atoms with Crippen molar-refractivity contribution in [1.82, 2.24) is 0 Å². The summed E-state index contributed by atoms with van der Waals surface area (Å²) in [6.07, 6.45) is 0. The lowest BCUT2D eigenvalue weighted by molar-refractivity contribution is 0.0982. The molecular weight excluding hydrogens is 777 g/mol. The Morgan fingerprint density at radius 1 is 0.391 bits per heavy atom. The van der Waals surface area contributed by atoms with E-state index in [0.717, 1.165) is 33.7 Å². The molecule has 310 valence electrons. The fourth-order valence-electron chi connectivity index (χ4n) is 9.64. The highest BCUT2D eigenvalue weighted by atomic mass is 16.6. The van der Waals surface area contributed by atoms with Crippen molar-refractivity contribution in [3.05, 3.63) is 253 Å². The number of nitrogens with zero attached hydrogens (tertiary/aromatic N) is 1. The molecule has 4 heteroatoms. The van der Waals surface area contributed by atoms with E-state index in [-0.39, 0.29) is 0 Å². The number of hydrogen-bond donors (Lipinski definition) is 0. The van der Waals surface area contributed by atoms with Crippen LogP contribution in [-0.4, -0.2) is 19.8 Å². The average molecular weight is 828 g/mol. The van der Waals surface area contributed by atoms with Gasteiger partial charge >= 0.3 is 7.12 Å². The summed E-state index contributed by atoms with van der Waals surface area (Å²) >= 11 is 0. The summed E-state index contributed by atoms with van der Waals surface area (Å²) in [4.78, 5) is 2.36. The van der Waals surface area contributed by atoms with E-state index in [1.807, 2.05) is 0 Å². The lowest BCUT2D eigenvalue weighted by atomic mass is 9.62. The zero-order valence-electron chi connectivity index (χ0n) is 36.8. The largest absolute Gasteiger partial charge is 0.494 e. The van der Waals surface area contributed by atoms with E-state index in [1.54, 1.807) is 7.11 Å². The van der Waals surface area contributed by atoms with Crippen molar-refractivity contribution < 1.29 is 9.31 Å². The molecule has 64 heavy (non-hydrogen) atoms. The van der Waals surface area contributed by atoms with Crippen molar-refractivity contribution in [2.75, 3.05) is 12.0 Å². The van der Waals surface area contributed by atoms with Crippen molar-refractivity contribution in [3.63, 3.8) is 0 Å². The van der Waals surface area contributed by atoms with Gasteiger partial charge in [0.2, 0.25) is 0 Å². The zero-order chi connectivity index (χ0) is 43.7. The molecule has 3 nitrogen and oxygen atoms in total. The van der Waals surface area contributed by atoms with E-state index < -0.39 is 18.1 Å². The Balaban J connectivity index is 1.18. The highest BCUT2D eigenvalue weighted by Crippen LogP contribution is 2.55. The zero-order valence-corrected chi connectivity index (χ0v) is 36.8. The molecule has 9 aromatic rings. The summed E-state index contributed by atoms with van der Waals surface area (Å²) < 4.78 is 12.6. The topological polar surface area (TPSA) is 21.7 Å². The molecule has 0 spiro atoms. The Kier molecular flexibility index (Phi) is 10.9. The monoisotopic (exact) mass is 827 g/mol. The van der Waals surface area contributed by atoms with E-state index in [0.29, 0.717) is 0 Å². The van der Waals surface area contributed by atoms with Gasteiger partial charge in [-0.15, -0.1) is 0 Å². The summed E-state index contributed by atoms with van der Waals surface area (Å²) in [5.74, 6) is 0. The van der Waals surface area contributed by atoms with Gasteiger partial charge in [-0.3, -0.25) is 0 Å². The Morgan fingerprint density at radius 3 is 1.25 bits per heavy atom. The molecule has 0 atom stereocenters. The molecule has 0 aromatic heterocycles. The number of fused-ring (bicyclic) bond motifs is 5. The maximum atomic E-state index is 6.53. The van der Waals surface area contributed by atoms with Crippen molar-refractivity contribution in [2.24, 2.45) is 0 Å². The molecule has 1 aliphatic carbocycles. The molecule has 9 aromatic carbocycles. The Morgan fingerprint density at radius 2 is 0.797 bits per heavy atom. The number of hydrogen-bond acceptors (Lipinski definition) is 3. The first kappa shape index (κ1) is 40.8. The Bertz CT molecular complexity index is 2880. The van der Waals surface area contributed by atoms with Crippen molar-refractivity contribution in [3.8, 4) is 44.5 Å². The van der Waals surface area contributed by atoms with Gasteiger partial charge in [0, 0.05) is 29.8 Å². The van der Waals surface area contributed by atoms with E-state index in [4.69, 9.17) is 9.31 Å². The smallest absolute Gasteiger partial charge is 0.410 e. The summed E-state index contributed by atoms with van der Waals surface area (Å²) in [7, 11) is 1.17. The fourth-order valence-corrected chi connectivity index (χ4v) is 9.64. The van der Waals surface area contributed by atoms with Gasteiger partial charge in [0.1, 0.15) is 0 Å². The molecule has 0 radical (unpaired) electrons. The van der Waals surface area contributed by atoms with Crippen LogP contribution in [0.2, 0.25) is 0 Å². The van der Waals surface area contributed by atoms with Gasteiger partial charge in [0.15, 0.2) is 0 Å². The van der Waals surface area contributed by atoms with Gasteiger partial charge in [0.05, 0.1) is 5.41 Å². The minimum atomic E-state index is -0.736. The van der Waals surface area contributed by atoms with Crippen LogP contribution in [0.4, 0.5) is 17.1 Å². The highest BCUT2D eigenvalue weighted by molar-refractivity contribution is 6.61. The van der Waals surface area contributed by atoms with Gasteiger partial charge < -0.3 is 14.2 Å². The second kappa shape index (κ2) is 17.1. The third-order valence-electron chi connectivity index (χ3n) is 12.5. The number of rotatable bonds is 10. The first-order valence-corrected chi connectivity index (χ1v) is 22.1. The van der Waals surface area contributed by atoms with E-state index in [9.17, 15) is 0 Å². The third kappa shape index (κ3) is 7.55. The minimum absolute atomic E-state index is 0.414. The molecule has 1 aliphatic rings. The molecule has 0 bridgehead atoms. The first-order valence-electron chi connectivity index (χ1n) is 22.1. The average Bonchev–Trinajstić information content (AvgIpc) is 3.46. The molecule has 0 unspecified atom stereocenters. The van der Waals surface area contributed by atoms with Crippen LogP contribution < -0.4 is 10.4 Å². The molecule has 0 amide bonds. The van der Waals surface area contributed by atoms with Crippen LogP contribution >= 0.6 is 0 Å². The van der Waals surface area contributed by atoms with E-state index in [1.165, 1.54) is 55.6 Å². The van der Waals surface area contributed by atoms with Crippen molar-refractivity contribution in [2.45, 2.75) is 31.8 Å². The quantitative estimate of drug-likeness (QED) is 0.128. The third-order valence-corrected chi connectivity index (χ3v) is 12.5. The van der Waals surface area contributed by atoms with Gasteiger partial charge in [0.25, 0.3) is 0 Å². The van der Waals surface area contributed by atoms with E-state index >= 15 is 0 Å². The van der Waals surface area contributed by atoms with Crippen LogP contribution in [-0.2, 0) is 14.7 Å². The van der Waals surface area contributed by atoms with E-state index in [2.05, 4.69) is 256 Å². The normalized spacial score (nSPS) is 12.6. The van der Waals surface area contributed by atoms with Crippen LogP contribution in [0.5, 0.6) is 0 Å². The maximum Gasteiger partial charge on any atom is 0.494 e. The molecule has 0 fully saturated rings. The molecular formula is C60H50BNO2. The fraction of sp³-hybridized carbons (Fsp3) is 0.100. The van der Waals surface area contributed by atoms with Crippen molar-refractivity contribution >= 4 is 29.6 Å². The lowest BCUT2D eigenvalue weighted by Crippen LogP contribution is -2.43. The Labute approximate surface area is 378 Å². The Hall–Kier alpha value is -7.24. The van der Waals surface area contributed by atoms with Gasteiger partial charge in [-0.2, -0.15) is 0 Å². The van der Waals surface area contributed by atoms with Crippen LogP contribution in [0, 0.1) is 0 Å². The molecule has 10 rings (SSSR count). The second-order valence-electron chi connectivity index (χ2n) is 17.5. The van der Waals surface area contributed by atoms with Crippen LogP contribution in [0.25, 0.3) is 44.5 Å². The SMILES string of the molecule is COB(OC(C)(C)C)c1cccc(C2(c3ccc(N(c4ccc(-c5ccccc5)cc4)c4ccc(-c5ccccc5)cc4)cc3)c3ccccc3-c3ccccc3-c3ccccc32)c1. The summed E-state index contributed by atoms with van der Waals surface area (Å²) in [6.45, 7) is 6.21. The van der Waals surface area contributed by atoms with Gasteiger partial charge in [-0.1, -0.05) is 194 Å². The van der Waals surface area contributed by atoms with Gasteiger partial charge in [-0.05, 0) is 129 Å². The predicted molar refractivity (Wildman–Crippen MR) is 268 cm³/mol. The van der Waals surface area contributed by atoms with Gasteiger partial charge in [-0.25, -0.2) is 0 Å². The van der Waals surface area contributed by atoms with Crippen LogP contribution in [0.15, 0.2) is 231 Å². The number of anilines is 3. The molecule has 0 saturated heterocycles. The van der Waals surface area contributed by atoms with Crippen molar-refractivity contribution in [1.29, 1.82) is 0 Å². The van der Waals surface area contributed by atoms with Crippen LogP contribution in [0.1, 0.15) is 43.0 Å². The molecule has 0 N–H and O–H groups in total. The molecule has 0 aliphatic heterocycles. The number of benzene rings is 9. The summed E-state index contributed by atoms with van der Waals surface area (Å²) in [5, 5.41) is 0. The molecule has 0 heterocycles. The lowest BCUT2D eigenvalue weighted by Gasteiger charge is -2.39. The summed E-state index contributed by atoms with van der Waals surface area (Å²) in [6, 6.07) is 83.8. The minimum Gasteiger partial charge on any atom is -0.410 e. The van der Waals surface area contributed by atoms with Crippen LogP contribution in [0.3, 0.4) is 0 Å². The maximum absolute atomic E-state index is 6.53. The first-order chi connectivity index (χ1) is 31.3.